The molecule has 0 heterocycles. The second kappa shape index (κ2) is 34.1. The summed E-state index contributed by atoms with van der Waals surface area (Å²) in [6.45, 7) is 33.6. The highest BCUT2D eigenvalue weighted by atomic mass is 16.5. The second-order valence-corrected chi connectivity index (χ2v) is 35.6. The predicted octanol–water partition coefficient (Wildman–Crippen LogP) is 25.3. The Hall–Kier alpha value is -10.1. The van der Waals surface area contributed by atoms with Crippen LogP contribution in [0.15, 0.2) is 243 Å². The molecule has 0 aliphatic heterocycles. The molecule has 12 aromatic rings. The SMILES string of the molecule is C[C@H](c1ccccc1)N(C)[C@H](c1ccccc1)c1c(OCCCCOc2c3cc(C(C)(C)C)cc2Cc2cc(C(C)(C)C)cc(c2O)Cc2cc(C(C)(C)C)cc(c2OCCCCOc2ccc4ccccc4c2[C@@H](c2ccccc2)N(C)[C@H](C)c2ccccc2)Cc2cc(C(C)(C)C)cc(c2O)C3)ccc2ccccc12. The molecule has 580 valence electrons. The quantitative estimate of drug-likeness (QED) is 0.0579. The van der Waals surface area contributed by atoms with Crippen LogP contribution in [0.2, 0.25) is 0 Å². The van der Waals surface area contributed by atoms with Crippen LogP contribution in [0.5, 0.6) is 34.5 Å². The number of nitrogens with zero attached hydrogens (tertiary/aromatic N) is 2. The van der Waals surface area contributed by atoms with E-state index in [4.69, 9.17) is 18.9 Å². The van der Waals surface area contributed by atoms with Crippen molar-refractivity contribution < 1.29 is 29.2 Å². The van der Waals surface area contributed by atoms with Crippen molar-refractivity contribution in [3.8, 4) is 34.5 Å². The molecule has 2 N–H and O–H groups in total. The third-order valence-electron chi connectivity index (χ3n) is 23.3. The lowest BCUT2D eigenvalue weighted by Gasteiger charge is -2.35. The smallest absolute Gasteiger partial charge is 0.126 e. The number of rotatable bonds is 24. The van der Waals surface area contributed by atoms with Crippen LogP contribution in [-0.4, -0.2) is 60.5 Å². The summed E-state index contributed by atoms with van der Waals surface area (Å²) >= 11 is 0. The van der Waals surface area contributed by atoms with E-state index in [2.05, 4.69) is 363 Å². The average molecular weight is 1490 g/mol. The van der Waals surface area contributed by atoms with Gasteiger partial charge in [0.2, 0.25) is 0 Å². The van der Waals surface area contributed by atoms with Gasteiger partial charge in [-0.3, -0.25) is 9.80 Å². The van der Waals surface area contributed by atoms with Gasteiger partial charge in [0.25, 0.3) is 0 Å². The summed E-state index contributed by atoms with van der Waals surface area (Å²) in [6.07, 6.45) is 4.59. The van der Waals surface area contributed by atoms with E-state index in [-0.39, 0.29) is 57.3 Å². The van der Waals surface area contributed by atoms with Crippen molar-refractivity contribution in [2.24, 2.45) is 0 Å². The Morgan fingerprint density at radius 1 is 0.304 bits per heavy atom. The largest absolute Gasteiger partial charge is 0.507 e. The van der Waals surface area contributed by atoms with Crippen LogP contribution in [0.25, 0.3) is 21.5 Å². The molecule has 8 nitrogen and oxygen atoms in total. The Bertz CT molecular complexity index is 4790. The molecule has 0 aromatic heterocycles. The maximum absolute atomic E-state index is 13.3. The fraction of sp³-hybridized carbons (Fsp3) is 0.346. The Balaban J connectivity index is 0.827. The van der Waals surface area contributed by atoms with Gasteiger partial charge in [-0.1, -0.05) is 314 Å². The molecular formula is C104H118N2O6. The number of phenolic OH excluding ortho intramolecular Hbond substituents is 2. The zero-order chi connectivity index (χ0) is 79.2. The van der Waals surface area contributed by atoms with E-state index in [0.29, 0.717) is 52.1 Å². The molecule has 0 amide bonds. The number of hydrogen-bond donors (Lipinski definition) is 2. The van der Waals surface area contributed by atoms with Gasteiger partial charge < -0.3 is 29.2 Å². The van der Waals surface area contributed by atoms with E-state index in [1.54, 1.807) is 0 Å². The van der Waals surface area contributed by atoms with E-state index >= 15 is 0 Å². The minimum Gasteiger partial charge on any atom is -0.507 e. The van der Waals surface area contributed by atoms with E-state index in [1.807, 2.05) is 0 Å². The summed E-state index contributed by atoms with van der Waals surface area (Å²) in [7, 11) is 4.47. The second-order valence-electron chi connectivity index (χ2n) is 35.6. The first kappa shape index (κ1) is 79.9. The zero-order valence-electron chi connectivity index (χ0n) is 69.3. The molecule has 13 rings (SSSR count). The molecule has 8 heteroatoms. The van der Waals surface area contributed by atoms with Gasteiger partial charge in [0.15, 0.2) is 0 Å². The number of fused-ring (bicyclic) bond motifs is 10. The molecule has 1 aliphatic rings. The number of hydrogen-bond acceptors (Lipinski definition) is 8. The van der Waals surface area contributed by atoms with Crippen molar-refractivity contribution in [1.29, 1.82) is 0 Å². The maximum atomic E-state index is 13.3. The van der Waals surface area contributed by atoms with Crippen molar-refractivity contribution in [3.63, 3.8) is 0 Å². The highest BCUT2D eigenvalue weighted by Gasteiger charge is 2.34. The first-order valence-electron chi connectivity index (χ1n) is 40.8. The van der Waals surface area contributed by atoms with E-state index in [1.165, 1.54) is 43.8 Å². The highest BCUT2D eigenvalue weighted by molar-refractivity contribution is 5.90. The van der Waals surface area contributed by atoms with E-state index in [0.717, 1.165) is 127 Å². The van der Waals surface area contributed by atoms with Gasteiger partial charge in [0, 0.05) is 48.9 Å². The maximum Gasteiger partial charge on any atom is 0.126 e. The molecule has 12 aromatic carbocycles. The number of ether oxygens (including phenoxy) is 4. The first-order valence-corrected chi connectivity index (χ1v) is 40.8. The summed E-state index contributed by atoms with van der Waals surface area (Å²) < 4.78 is 28.8. The highest BCUT2D eigenvalue weighted by Crippen LogP contribution is 2.48. The van der Waals surface area contributed by atoms with Crippen LogP contribution in [0.4, 0.5) is 0 Å². The lowest BCUT2D eigenvalue weighted by atomic mass is 9.79. The Labute approximate surface area is 668 Å². The topological polar surface area (TPSA) is 83.9 Å². The summed E-state index contributed by atoms with van der Waals surface area (Å²) in [5.74, 6) is 3.88. The number of aromatic hydroxyl groups is 2. The summed E-state index contributed by atoms with van der Waals surface area (Å²) in [6, 6.07) is 87.4. The van der Waals surface area contributed by atoms with Crippen molar-refractivity contribution in [2.45, 2.75) is 194 Å². The molecule has 0 unspecified atom stereocenters. The van der Waals surface area contributed by atoms with Gasteiger partial charge in [-0.25, -0.2) is 0 Å². The summed E-state index contributed by atoms with van der Waals surface area (Å²) in [5.41, 5.74) is 18.1. The normalized spacial score (nSPS) is 13.9. The molecular weight excluding hydrogens is 1370 g/mol. The van der Waals surface area contributed by atoms with E-state index in [9.17, 15) is 10.2 Å². The Kier molecular flexibility index (Phi) is 24.3. The van der Waals surface area contributed by atoms with Crippen LogP contribution >= 0.6 is 0 Å². The predicted molar refractivity (Wildman–Crippen MR) is 465 cm³/mol. The molecule has 1 aliphatic carbocycles. The zero-order valence-corrected chi connectivity index (χ0v) is 69.3. The third kappa shape index (κ3) is 18.2. The molecule has 8 bridgehead atoms. The fourth-order valence-corrected chi connectivity index (χ4v) is 16.4. The molecule has 0 saturated carbocycles. The third-order valence-corrected chi connectivity index (χ3v) is 23.3. The standard InChI is InChI=1S/C104H118N2O6/c1-69(71-37-21-17-22-38-71)105(15)95(75-43-25-19-26-44-75)93-89-47-31-29-41-73(89)49-51-91(93)109-53-33-35-55-111-99-81-57-77-61-85(101(3,4)5)63-79(97(77)107)59-83-67-88(104(12,13)14)68-84(60-80-64-86(102(6,7)8)62-78(98(80)108)58-82(99)66-87(65-81)103(9,10)11)100(83)112-56-36-34-54-110-92-52-50-74-42-30-32-48-90(74)94(92)96(76-45-27-20-28-46-76)106(16)70(2)72-39-23-18-24-40-72/h17-32,37-52,61-70,95-96,107-108H,33-36,53-60H2,1-16H3/t69-,70-,95-,96-/m1/s1. The first-order chi connectivity index (χ1) is 53.6. The van der Waals surface area contributed by atoms with Crippen LogP contribution in [0, 0.1) is 0 Å². The molecule has 0 fully saturated rings. The number of phenols is 2. The number of unbranched alkanes of at least 4 members (excludes halogenated alkanes) is 2. The fourth-order valence-electron chi connectivity index (χ4n) is 16.4. The monoisotopic (exact) mass is 1490 g/mol. The van der Waals surface area contributed by atoms with Crippen molar-refractivity contribution >= 4 is 21.5 Å². The summed E-state index contributed by atoms with van der Waals surface area (Å²) in [5, 5.41) is 31.2. The van der Waals surface area contributed by atoms with Crippen LogP contribution < -0.4 is 18.9 Å². The van der Waals surface area contributed by atoms with Crippen molar-refractivity contribution in [3.05, 3.63) is 343 Å². The molecule has 0 spiro atoms. The number of benzene rings is 12. The minimum atomic E-state index is -0.262. The van der Waals surface area contributed by atoms with Gasteiger partial charge in [0.1, 0.15) is 34.5 Å². The van der Waals surface area contributed by atoms with Crippen LogP contribution in [-0.2, 0) is 47.3 Å². The van der Waals surface area contributed by atoms with Crippen molar-refractivity contribution in [1.82, 2.24) is 9.80 Å². The van der Waals surface area contributed by atoms with Gasteiger partial charge in [-0.15, -0.1) is 0 Å². The minimum absolute atomic E-state index is 0.106. The van der Waals surface area contributed by atoms with Gasteiger partial charge in [0.05, 0.1) is 38.5 Å². The molecule has 112 heavy (non-hydrogen) atoms. The van der Waals surface area contributed by atoms with Crippen LogP contribution in [0.3, 0.4) is 0 Å². The average Bonchev–Trinajstić information content (AvgIpc) is 0.772. The van der Waals surface area contributed by atoms with Crippen LogP contribution in [0.1, 0.15) is 247 Å². The molecule has 4 atom stereocenters. The van der Waals surface area contributed by atoms with Gasteiger partial charge in [-0.2, -0.15) is 0 Å². The summed E-state index contributed by atoms with van der Waals surface area (Å²) in [4.78, 5) is 4.95. The lowest BCUT2D eigenvalue weighted by molar-refractivity contribution is 0.207. The Morgan fingerprint density at radius 3 is 0.839 bits per heavy atom. The molecule has 0 saturated heterocycles. The lowest BCUT2D eigenvalue weighted by Crippen LogP contribution is -2.29. The van der Waals surface area contributed by atoms with Gasteiger partial charge >= 0.3 is 0 Å². The van der Waals surface area contributed by atoms with Gasteiger partial charge in [-0.05, 0) is 198 Å². The van der Waals surface area contributed by atoms with Crippen molar-refractivity contribution in [2.75, 3.05) is 40.5 Å². The Morgan fingerprint density at radius 2 is 0.554 bits per heavy atom. The van der Waals surface area contributed by atoms with E-state index < -0.39 is 0 Å². The molecule has 0 radical (unpaired) electrons.